The number of rotatable bonds is 4. The van der Waals surface area contributed by atoms with Crippen LogP contribution in [0.1, 0.15) is 31.9 Å². The van der Waals surface area contributed by atoms with Crippen molar-refractivity contribution >= 4 is 6.09 Å². The summed E-state index contributed by atoms with van der Waals surface area (Å²) in [5.41, 5.74) is 1.45. The number of aliphatic hydroxyl groups excluding tert-OH is 1. The predicted octanol–water partition coefficient (Wildman–Crippen LogP) is 2.25. The summed E-state index contributed by atoms with van der Waals surface area (Å²) in [6.45, 7) is 5.99. The second kappa shape index (κ2) is 6.40. The molecular formula is C14H21NO3. The third-order valence-electron chi connectivity index (χ3n) is 2.35. The average molecular weight is 251 g/mol. The summed E-state index contributed by atoms with van der Waals surface area (Å²) in [5, 5.41) is 11.9. The van der Waals surface area contributed by atoms with Crippen molar-refractivity contribution in [2.45, 2.75) is 39.4 Å². The van der Waals surface area contributed by atoms with Gasteiger partial charge in [0.2, 0.25) is 0 Å². The zero-order valence-electron chi connectivity index (χ0n) is 11.2. The zero-order chi connectivity index (χ0) is 13.6. The van der Waals surface area contributed by atoms with Crippen molar-refractivity contribution in [3.8, 4) is 0 Å². The lowest BCUT2D eigenvalue weighted by Gasteiger charge is -2.19. The standard InChI is InChI=1S/C14H21NO3/c1-14(2,3)18-13(17)15-9-8-11-6-4-5-7-12(11)10-16/h4-7,16H,8-10H2,1-3H3,(H,15,17). The van der Waals surface area contributed by atoms with Crippen molar-refractivity contribution in [3.05, 3.63) is 35.4 Å². The number of benzene rings is 1. The monoisotopic (exact) mass is 251 g/mol. The van der Waals surface area contributed by atoms with Crippen molar-refractivity contribution < 1.29 is 14.6 Å². The molecular weight excluding hydrogens is 230 g/mol. The molecule has 0 aromatic heterocycles. The second-order valence-electron chi connectivity index (χ2n) is 5.11. The van der Waals surface area contributed by atoms with Gasteiger partial charge in [0.25, 0.3) is 0 Å². The Bertz CT molecular complexity index is 396. The van der Waals surface area contributed by atoms with Gasteiger partial charge >= 0.3 is 6.09 Å². The maximum atomic E-state index is 11.4. The fraction of sp³-hybridized carbons (Fsp3) is 0.500. The zero-order valence-corrected chi connectivity index (χ0v) is 11.2. The van der Waals surface area contributed by atoms with Crippen LogP contribution >= 0.6 is 0 Å². The Morgan fingerprint density at radius 2 is 1.89 bits per heavy atom. The number of nitrogens with one attached hydrogen (secondary N) is 1. The minimum absolute atomic E-state index is 0.0165. The van der Waals surface area contributed by atoms with Gasteiger partial charge in [-0.15, -0.1) is 0 Å². The van der Waals surface area contributed by atoms with E-state index in [2.05, 4.69) is 5.32 Å². The SMILES string of the molecule is CC(C)(C)OC(=O)NCCc1ccccc1CO. The van der Waals surface area contributed by atoms with Crippen molar-refractivity contribution in [3.63, 3.8) is 0 Å². The maximum absolute atomic E-state index is 11.4. The van der Waals surface area contributed by atoms with Crippen molar-refractivity contribution in [2.75, 3.05) is 6.54 Å². The molecule has 0 spiro atoms. The lowest BCUT2D eigenvalue weighted by Crippen LogP contribution is -2.33. The summed E-state index contributed by atoms with van der Waals surface area (Å²) < 4.78 is 5.13. The number of hydrogen-bond acceptors (Lipinski definition) is 3. The normalized spacial score (nSPS) is 11.1. The van der Waals surface area contributed by atoms with Gasteiger partial charge in [-0.05, 0) is 38.3 Å². The molecule has 0 saturated heterocycles. The summed E-state index contributed by atoms with van der Waals surface area (Å²) in [4.78, 5) is 11.4. The van der Waals surface area contributed by atoms with Crippen LogP contribution in [0.2, 0.25) is 0 Å². The number of carbonyl (C=O) groups excluding carboxylic acids is 1. The van der Waals surface area contributed by atoms with E-state index in [4.69, 9.17) is 9.84 Å². The molecule has 1 rings (SSSR count). The molecule has 4 heteroatoms. The topological polar surface area (TPSA) is 58.6 Å². The number of carbonyl (C=O) groups is 1. The van der Waals surface area contributed by atoms with Gasteiger partial charge in [0.05, 0.1) is 6.61 Å². The first-order valence-corrected chi connectivity index (χ1v) is 6.07. The molecule has 0 aliphatic heterocycles. The highest BCUT2D eigenvalue weighted by atomic mass is 16.6. The molecule has 0 heterocycles. The number of hydrogen-bond donors (Lipinski definition) is 2. The van der Waals surface area contributed by atoms with Gasteiger partial charge in [-0.2, -0.15) is 0 Å². The minimum atomic E-state index is -0.479. The summed E-state index contributed by atoms with van der Waals surface area (Å²) in [6.07, 6.45) is 0.264. The minimum Gasteiger partial charge on any atom is -0.444 e. The summed E-state index contributed by atoms with van der Waals surface area (Å²) >= 11 is 0. The molecule has 1 aromatic rings. The lowest BCUT2D eigenvalue weighted by molar-refractivity contribution is 0.0528. The molecule has 2 N–H and O–H groups in total. The summed E-state index contributed by atoms with van der Waals surface area (Å²) in [5.74, 6) is 0. The van der Waals surface area contributed by atoms with E-state index in [9.17, 15) is 4.79 Å². The number of ether oxygens (including phenoxy) is 1. The van der Waals surface area contributed by atoms with Crippen LogP contribution in [0.3, 0.4) is 0 Å². The molecule has 0 saturated carbocycles. The Morgan fingerprint density at radius 1 is 1.28 bits per heavy atom. The van der Waals surface area contributed by atoms with Crippen LogP contribution < -0.4 is 5.32 Å². The Balaban J connectivity index is 2.40. The van der Waals surface area contributed by atoms with Gasteiger partial charge in [-0.3, -0.25) is 0 Å². The van der Waals surface area contributed by atoms with Gasteiger partial charge in [0, 0.05) is 6.54 Å². The highest BCUT2D eigenvalue weighted by Crippen LogP contribution is 2.09. The molecule has 1 amide bonds. The Morgan fingerprint density at radius 3 is 2.44 bits per heavy atom. The molecule has 0 aliphatic rings. The Hall–Kier alpha value is -1.55. The molecule has 0 radical (unpaired) electrons. The molecule has 4 nitrogen and oxygen atoms in total. The van der Waals surface area contributed by atoms with E-state index in [1.165, 1.54) is 0 Å². The van der Waals surface area contributed by atoms with Crippen LogP contribution in [-0.2, 0) is 17.8 Å². The second-order valence-corrected chi connectivity index (χ2v) is 5.11. The van der Waals surface area contributed by atoms with Gasteiger partial charge in [-0.1, -0.05) is 24.3 Å². The van der Waals surface area contributed by atoms with Gasteiger partial charge in [0.15, 0.2) is 0 Å². The third-order valence-corrected chi connectivity index (χ3v) is 2.35. The maximum Gasteiger partial charge on any atom is 0.407 e. The molecule has 0 aliphatic carbocycles. The smallest absolute Gasteiger partial charge is 0.407 e. The molecule has 0 fully saturated rings. The van der Waals surface area contributed by atoms with E-state index in [1.54, 1.807) is 0 Å². The quantitative estimate of drug-likeness (QED) is 0.863. The van der Waals surface area contributed by atoms with Crippen LogP contribution in [0.25, 0.3) is 0 Å². The van der Waals surface area contributed by atoms with Crippen LogP contribution in [0.15, 0.2) is 24.3 Å². The van der Waals surface area contributed by atoms with E-state index in [-0.39, 0.29) is 6.61 Å². The van der Waals surface area contributed by atoms with E-state index < -0.39 is 11.7 Å². The van der Waals surface area contributed by atoms with Crippen LogP contribution in [0.4, 0.5) is 4.79 Å². The average Bonchev–Trinajstić information content (AvgIpc) is 2.27. The van der Waals surface area contributed by atoms with Gasteiger partial charge < -0.3 is 15.2 Å². The van der Waals surface area contributed by atoms with Gasteiger partial charge in [0.1, 0.15) is 5.60 Å². The Kier molecular flexibility index (Phi) is 5.16. The largest absolute Gasteiger partial charge is 0.444 e. The number of aliphatic hydroxyl groups is 1. The first-order chi connectivity index (χ1) is 8.42. The fourth-order valence-corrected chi connectivity index (χ4v) is 1.57. The van der Waals surface area contributed by atoms with E-state index in [0.717, 1.165) is 11.1 Å². The van der Waals surface area contributed by atoms with Crippen molar-refractivity contribution in [2.24, 2.45) is 0 Å². The Labute approximate surface area is 108 Å². The predicted molar refractivity (Wildman–Crippen MR) is 70.3 cm³/mol. The highest BCUT2D eigenvalue weighted by Gasteiger charge is 2.15. The summed E-state index contributed by atoms with van der Waals surface area (Å²) in [6, 6.07) is 7.63. The number of amides is 1. The van der Waals surface area contributed by atoms with E-state index in [0.29, 0.717) is 13.0 Å². The summed E-state index contributed by atoms with van der Waals surface area (Å²) in [7, 11) is 0. The number of alkyl carbamates (subject to hydrolysis) is 1. The van der Waals surface area contributed by atoms with E-state index in [1.807, 2.05) is 45.0 Å². The van der Waals surface area contributed by atoms with Crippen LogP contribution in [0, 0.1) is 0 Å². The molecule has 18 heavy (non-hydrogen) atoms. The van der Waals surface area contributed by atoms with Gasteiger partial charge in [-0.25, -0.2) is 4.79 Å². The van der Waals surface area contributed by atoms with Crippen LogP contribution in [0.5, 0.6) is 0 Å². The highest BCUT2D eigenvalue weighted by molar-refractivity contribution is 5.67. The third kappa shape index (κ3) is 5.19. The molecule has 0 unspecified atom stereocenters. The first-order valence-electron chi connectivity index (χ1n) is 6.07. The van der Waals surface area contributed by atoms with Crippen LogP contribution in [-0.4, -0.2) is 23.3 Å². The van der Waals surface area contributed by atoms with Crippen molar-refractivity contribution in [1.82, 2.24) is 5.32 Å². The fourth-order valence-electron chi connectivity index (χ4n) is 1.57. The molecule has 0 bridgehead atoms. The molecule has 100 valence electrons. The molecule has 1 aromatic carbocycles. The van der Waals surface area contributed by atoms with E-state index >= 15 is 0 Å². The first kappa shape index (κ1) is 14.5. The van der Waals surface area contributed by atoms with Crippen molar-refractivity contribution in [1.29, 1.82) is 0 Å². The lowest BCUT2D eigenvalue weighted by atomic mass is 10.1. The molecule has 0 atom stereocenters.